The maximum atomic E-state index is 13.4. The molecule has 0 radical (unpaired) electrons. The summed E-state index contributed by atoms with van der Waals surface area (Å²) in [5, 5.41) is 15.1. The summed E-state index contributed by atoms with van der Waals surface area (Å²) in [5.74, 6) is 0.130. The topological polar surface area (TPSA) is 97.5 Å². The molecule has 1 fully saturated rings. The van der Waals surface area contributed by atoms with Crippen LogP contribution in [0.15, 0.2) is 54.7 Å². The molecule has 1 N–H and O–H groups in total. The summed E-state index contributed by atoms with van der Waals surface area (Å²) in [5.41, 5.74) is 1.27. The lowest BCUT2D eigenvalue weighted by Gasteiger charge is -2.27. The van der Waals surface area contributed by atoms with E-state index in [1.165, 1.54) is 10.6 Å². The maximum absolute atomic E-state index is 13.4. The Morgan fingerprint density at radius 3 is 2.70 bits per heavy atom. The monoisotopic (exact) mass is 451 g/mol. The van der Waals surface area contributed by atoms with E-state index in [0.29, 0.717) is 37.6 Å². The molecule has 0 spiro atoms. The van der Waals surface area contributed by atoms with E-state index in [9.17, 15) is 13.6 Å². The zero-order valence-corrected chi connectivity index (χ0v) is 17.4. The number of amides is 1. The molecule has 11 heteroatoms. The quantitative estimate of drug-likeness (QED) is 0.498. The SMILES string of the molecule is O=C(Nc1ccnc(N2CCOCC2)c1)c1nnc2ccc(-c3ccccc3C(F)F)nn12. The van der Waals surface area contributed by atoms with Crippen LogP contribution in [0.1, 0.15) is 22.6 Å². The van der Waals surface area contributed by atoms with Crippen molar-refractivity contribution in [2.45, 2.75) is 6.43 Å². The number of hydrogen-bond acceptors (Lipinski definition) is 7. The number of ether oxygens (including phenoxy) is 1. The summed E-state index contributed by atoms with van der Waals surface area (Å²) in [6.07, 6.45) is -1.05. The highest BCUT2D eigenvalue weighted by Gasteiger charge is 2.20. The number of anilines is 2. The molecular formula is C22H19F2N7O2. The van der Waals surface area contributed by atoms with Gasteiger partial charge in [-0.25, -0.2) is 13.8 Å². The van der Waals surface area contributed by atoms with Crippen molar-refractivity contribution in [2.24, 2.45) is 0 Å². The van der Waals surface area contributed by atoms with Crippen LogP contribution in [0.4, 0.5) is 20.3 Å². The zero-order chi connectivity index (χ0) is 22.8. The molecule has 1 amide bonds. The van der Waals surface area contributed by atoms with E-state index in [1.54, 1.807) is 48.7 Å². The first-order valence-corrected chi connectivity index (χ1v) is 10.3. The number of aromatic nitrogens is 5. The van der Waals surface area contributed by atoms with E-state index in [-0.39, 0.29) is 22.6 Å². The van der Waals surface area contributed by atoms with E-state index in [2.05, 4.69) is 30.5 Å². The lowest BCUT2D eigenvalue weighted by Crippen LogP contribution is -2.36. The summed E-state index contributed by atoms with van der Waals surface area (Å²) in [6.45, 7) is 2.66. The molecule has 0 atom stereocenters. The Morgan fingerprint density at radius 2 is 1.88 bits per heavy atom. The maximum Gasteiger partial charge on any atom is 0.295 e. The fraction of sp³-hybridized carbons (Fsp3) is 0.227. The van der Waals surface area contributed by atoms with Crippen LogP contribution < -0.4 is 10.2 Å². The molecule has 0 bridgehead atoms. The van der Waals surface area contributed by atoms with Crippen LogP contribution in [0.3, 0.4) is 0 Å². The number of nitrogens with zero attached hydrogens (tertiary/aromatic N) is 6. The van der Waals surface area contributed by atoms with E-state index in [4.69, 9.17) is 4.74 Å². The van der Waals surface area contributed by atoms with Gasteiger partial charge < -0.3 is 15.0 Å². The minimum absolute atomic E-state index is 0.0638. The van der Waals surface area contributed by atoms with Gasteiger partial charge in [-0.05, 0) is 18.2 Å². The number of nitrogens with one attached hydrogen (secondary N) is 1. The summed E-state index contributed by atoms with van der Waals surface area (Å²) in [7, 11) is 0. The fourth-order valence-electron chi connectivity index (χ4n) is 3.64. The third-order valence-electron chi connectivity index (χ3n) is 5.28. The largest absolute Gasteiger partial charge is 0.378 e. The normalized spacial score (nSPS) is 14.1. The number of benzene rings is 1. The minimum Gasteiger partial charge on any atom is -0.378 e. The van der Waals surface area contributed by atoms with E-state index < -0.39 is 12.3 Å². The molecule has 4 heterocycles. The summed E-state index contributed by atoms with van der Waals surface area (Å²) >= 11 is 0. The van der Waals surface area contributed by atoms with Gasteiger partial charge in [0.2, 0.25) is 5.82 Å². The highest BCUT2D eigenvalue weighted by Crippen LogP contribution is 2.30. The second kappa shape index (κ2) is 8.87. The van der Waals surface area contributed by atoms with E-state index >= 15 is 0 Å². The fourth-order valence-corrected chi connectivity index (χ4v) is 3.64. The molecule has 1 aliphatic heterocycles. The highest BCUT2D eigenvalue weighted by molar-refractivity contribution is 6.02. The molecule has 9 nitrogen and oxygen atoms in total. The molecule has 1 aliphatic rings. The Bertz CT molecular complexity index is 1300. The van der Waals surface area contributed by atoms with Gasteiger partial charge in [0.05, 0.1) is 18.9 Å². The average molecular weight is 451 g/mol. The Morgan fingerprint density at radius 1 is 1.06 bits per heavy atom. The molecule has 4 aromatic rings. The average Bonchev–Trinajstić information content (AvgIpc) is 3.28. The number of halogens is 2. The number of rotatable bonds is 5. The second-order valence-corrected chi connectivity index (χ2v) is 7.36. The van der Waals surface area contributed by atoms with Crippen LogP contribution in [0.25, 0.3) is 16.9 Å². The molecule has 0 aliphatic carbocycles. The molecule has 33 heavy (non-hydrogen) atoms. The zero-order valence-electron chi connectivity index (χ0n) is 17.4. The minimum atomic E-state index is -2.66. The number of hydrogen-bond donors (Lipinski definition) is 1. The molecule has 1 aromatic carbocycles. The van der Waals surface area contributed by atoms with Crippen molar-refractivity contribution < 1.29 is 18.3 Å². The van der Waals surface area contributed by atoms with Crippen LogP contribution in [-0.4, -0.2) is 57.0 Å². The second-order valence-electron chi connectivity index (χ2n) is 7.36. The molecule has 5 rings (SSSR count). The number of carbonyl (C=O) groups excluding carboxylic acids is 1. The van der Waals surface area contributed by atoms with Gasteiger partial charge in [-0.15, -0.1) is 10.2 Å². The van der Waals surface area contributed by atoms with Crippen LogP contribution in [0, 0.1) is 0 Å². The van der Waals surface area contributed by atoms with E-state index in [0.717, 1.165) is 5.82 Å². The van der Waals surface area contributed by atoms with Gasteiger partial charge in [-0.2, -0.15) is 9.61 Å². The molecule has 0 saturated carbocycles. The van der Waals surface area contributed by atoms with Crippen molar-refractivity contribution >= 4 is 23.1 Å². The number of alkyl halides is 2. The first-order chi connectivity index (χ1) is 16.1. The molecule has 3 aromatic heterocycles. The first-order valence-electron chi connectivity index (χ1n) is 10.3. The van der Waals surface area contributed by atoms with Crippen molar-refractivity contribution in [1.29, 1.82) is 0 Å². The Hall–Kier alpha value is -3.99. The number of morpholine rings is 1. The van der Waals surface area contributed by atoms with Gasteiger partial charge in [0.25, 0.3) is 12.3 Å². The molecule has 168 valence electrons. The lowest BCUT2D eigenvalue weighted by molar-refractivity contribution is 0.101. The van der Waals surface area contributed by atoms with Crippen molar-refractivity contribution in [3.63, 3.8) is 0 Å². The Kier molecular flexibility index (Phi) is 5.61. The van der Waals surface area contributed by atoms with Crippen LogP contribution in [0.5, 0.6) is 0 Å². The third kappa shape index (κ3) is 4.22. The van der Waals surface area contributed by atoms with Crippen molar-refractivity contribution in [2.75, 3.05) is 36.5 Å². The third-order valence-corrected chi connectivity index (χ3v) is 5.28. The van der Waals surface area contributed by atoms with Crippen molar-refractivity contribution in [3.05, 3.63) is 66.1 Å². The summed E-state index contributed by atoms with van der Waals surface area (Å²) in [6, 6.07) is 12.7. The van der Waals surface area contributed by atoms with Gasteiger partial charge in [-0.1, -0.05) is 24.3 Å². The first kappa shape index (κ1) is 20.9. The highest BCUT2D eigenvalue weighted by atomic mass is 19.3. The molecular weight excluding hydrogens is 432 g/mol. The van der Waals surface area contributed by atoms with Crippen LogP contribution in [-0.2, 0) is 4.74 Å². The van der Waals surface area contributed by atoms with Gasteiger partial charge >= 0.3 is 0 Å². The predicted molar refractivity (Wildman–Crippen MR) is 116 cm³/mol. The van der Waals surface area contributed by atoms with Crippen molar-refractivity contribution in [1.82, 2.24) is 24.8 Å². The predicted octanol–water partition coefficient (Wildman–Crippen LogP) is 3.21. The van der Waals surface area contributed by atoms with Crippen LogP contribution in [0.2, 0.25) is 0 Å². The van der Waals surface area contributed by atoms with Gasteiger partial charge in [0.1, 0.15) is 5.82 Å². The summed E-state index contributed by atoms with van der Waals surface area (Å²) < 4.78 is 33.5. The molecule has 0 unspecified atom stereocenters. The Balaban J connectivity index is 1.44. The Labute approximate surface area is 187 Å². The number of pyridine rings is 1. The van der Waals surface area contributed by atoms with Gasteiger partial charge in [-0.3, -0.25) is 4.79 Å². The lowest BCUT2D eigenvalue weighted by atomic mass is 10.0. The van der Waals surface area contributed by atoms with Gasteiger partial charge in [0.15, 0.2) is 5.65 Å². The summed E-state index contributed by atoms with van der Waals surface area (Å²) in [4.78, 5) is 19.4. The van der Waals surface area contributed by atoms with Crippen molar-refractivity contribution in [3.8, 4) is 11.3 Å². The smallest absolute Gasteiger partial charge is 0.295 e. The number of carbonyl (C=O) groups is 1. The van der Waals surface area contributed by atoms with Crippen LogP contribution >= 0.6 is 0 Å². The van der Waals surface area contributed by atoms with E-state index in [1.807, 2.05) is 0 Å². The molecule has 1 saturated heterocycles. The standard InChI is InChI=1S/C22H19F2N7O2/c23-20(24)16-4-2-1-3-15(16)17-5-6-18-27-28-21(31(18)29-17)22(32)26-14-7-8-25-19(13-14)30-9-11-33-12-10-30/h1-8,13,20H,9-12H2,(H,25,26,32). The number of fused-ring (bicyclic) bond motifs is 1. The van der Waals surface area contributed by atoms with Gasteiger partial charge in [0, 0.05) is 42.2 Å².